The van der Waals surface area contributed by atoms with Crippen molar-refractivity contribution in [1.29, 1.82) is 0 Å². The summed E-state index contributed by atoms with van der Waals surface area (Å²) in [5.74, 6) is -0.857. The van der Waals surface area contributed by atoms with E-state index in [1.165, 1.54) is 12.1 Å². The summed E-state index contributed by atoms with van der Waals surface area (Å²) in [6.07, 6.45) is 1.21. The van der Waals surface area contributed by atoms with E-state index in [4.69, 9.17) is 10.8 Å². The van der Waals surface area contributed by atoms with Gasteiger partial charge < -0.3 is 21.1 Å². The zero-order valence-corrected chi connectivity index (χ0v) is 10.7. The number of hydrogen-bond donors (Lipinski definition) is 3. The number of rotatable bonds is 3. The van der Waals surface area contributed by atoms with Crippen molar-refractivity contribution in [2.24, 2.45) is 0 Å². The lowest BCUT2D eigenvalue weighted by Gasteiger charge is -2.31. The minimum atomic E-state index is -0.987. The molecule has 1 aromatic rings. The maximum Gasteiger partial charge on any atom is 0.335 e. The number of aromatic carboxylic acids is 1. The van der Waals surface area contributed by atoms with Crippen LogP contribution in [0.15, 0.2) is 18.2 Å². The standard InChI is InChI=1S/C13H17N3O3/c1-16-7-9(3-5-12(16)17)15-11-6-8(13(18)19)2-4-10(11)14/h2,4,6,9,15H,3,5,7,14H2,1H3,(H,18,19). The maximum absolute atomic E-state index is 11.4. The lowest BCUT2D eigenvalue weighted by atomic mass is 10.0. The van der Waals surface area contributed by atoms with Crippen LogP contribution in [-0.2, 0) is 4.79 Å². The Morgan fingerprint density at radius 1 is 1.53 bits per heavy atom. The Kier molecular flexibility index (Phi) is 3.59. The van der Waals surface area contributed by atoms with Gasteiger partial charge in [0, 0.05) is 26.1 Å². The Hall–Kier alpha value is -2.24. The van der Waals surface area contributed by atoms with Crippen LogP contribution in [-0.4, -0.2) is 41.5 Å². The van der Waals surface area contributed by atoms with Gasteiger partial charge in [-0.25, -0.2) is 4.79 Å². The first kappa shape index (κ1) is 13.2. The molecule has 1 fully saturated rings. The van der Waals surface area contributed by atoms with E-state index in [0.717, 1.165) is 6.42 Å². The number of carbonyl (C=O) groups excluding carboxylic acids is 1. The van der Waals surface area contributed by atoms with Gasteiger partial charge >= 0.3 is 5.97 Å². The fourth-order valence-electron chi connectivity index (χ4n) is 2.16. The molecule has 0 saturated carbocycles. The molecule has 1 saturated heterocycles. The number of nitrogens with two attached hydrogens (primary N) is 1. The van der Waals surface area contributed by atoms with Crippen molar-refractivity contribution in [3.63, 3.8) is 0 Å². The first-order valence-electron chi connectivity index (χ1n) is 6.10. The summed E-state index contributed by atoms with van der Waals surface area (Å²) >= 11 is 0. The highest BCUT2D eigenvalue weighted by atomic mass is 16.4. The molecule has 0 spiro atoms. The van der Waals surface area contributed by atoms with Crippen molar-refractivity contribution < 1.29 is 14.7 Å². The molecule has 0 aromatic heterocycles. The van der Waals surface area contributed by atoms with Crippen LogP contribution in [0.1, 0.15) is 23.2 Å². The zero-order valence-electron chi connectivity index (χ0n) is 10.7. The molecule has 1 unspecified atom stereocenters. The number of carbonyl (C=O) groups is 2. The number of nitrogen functional groups attached to an aromatic ring is 1. The largest absolute Gasteiger partial charge is 0.478 e. The van der Waals surface area contributed by atoms with Gasteiger partial charge in [-0.05, 0) is 24.6 Å². The Bertz CT molecular complexity index is 516. The Morgan fingerprint density at radius 2 is 2.26 bits per heavy atom. The van der Waals surface area contributed by atoms with Crippen LogP contribution in [0.3, 0.4) is 0 Å². The normalized spacial score (nSPS) is 19.3. The van der Waals surface area contributed by atoms with Gasteiger partial charge in [-0.3, -0.25) is 4.79 Å². The molecule has 2 rings (SSSR count). The number of benzene rings is 1. The van der Waals surface area contributed by atoms with Crippen molar-refractivity contribution in [3.8, 4) is 0 Å². The van der Waals surface area contributed by atoms with E-state index in [2.05, 4.69) is 5.32 Å². The van der Waals surface area contributed by atoms with Crippen molar-refractivity contribution in [2.75, 3.05) is 24.6 Å². The molecule has 19 heavy (non-hydrogen) atoms. The predicted molar refractivity (Wildman–Crippen MR) is 72.1 cm³/mol. The van der Waals surface area contributed by atoms with Gasteiger partial charge in [0.25, 0.3) is 0 Å². The molecule has 1 aromatic carbocycles. The van der Waals surface area contributed by atoms with E-state index < -0.39 is 5.97 Å². The number of anilines is 2. The Balaban J connectivity index is 2.12. The van der Waals surface area contributed by atoms with Gasteiger partial charge in [0.15, 0.2) is 0 Å². The molecule has 1 aliphatic heterocycles. The van der Waals surface area contributed by atoms with Crippen LogP contribution >= 0.6 is 0 Å². The molecule has 0 radical (unpaired) electrons. The summed E-state index contributed by atoms with van der Waals surface area (Å²) in [5, 5.41) is 12.2. The highest BCUT2D eigenvalue weighted by Gasteiger charge is 2.23. The number of likely N-dealkylation sites (N-methyl/N-ethyl adjacent to an activating group) is 1. The van der Waals surface area contributed by atoms with Crippen molar-refractivity contribution in [3.05, 3.63) is 23.8 Å². The number of hydrogen-bond acceptors (Lipinski definition) is 4. The summed E-state index contributed by atoms with van der Waals surface area (Å²) in [7, 11) is 1.76. The van der Waals surface area contributed by atoms with Crippen molar-refractivity contribution in [1.82, 2.24) is 4.90 Å². The smallest absolute Gasteiger partial charge is 0.335 e. The number of piperidine rings is 1. The lowest BCUT2D eigenvalue weighted by molar-refractivity contribution is -0.132. The quantitative estimate of drug-likeness (QED) is 0.707. The van der Waals surface area contributed by atoms with E-state index in [0.29, 0.717) is 24.3 Å². The summed E-state index contributed by atoms with van der Waals surface area (Å²) in [6, 6.07) is 4.66. The fraction of sp³-hybridized carbons (Fsp3) is 0.385. The average molecular weight is 263 g/mol. The van der Waals surface area contributed by atoms with Gasteiger partial charge in [0.1, 0.15) is 0 Å². The molecule has 0 aliphatic carbocycles. The second-order valence-corrected chi connectivity index (χ2v) is 4.76. The number of likely N-dealkylation sites (tertiary alicyclic amines) is 1. The van der Waals surface area contributed by atoms with Crippen molar-refractivity contribution in [2.45, 2.75) is 18.9 Å². The molecular formula is C13H17N3O3. The highest BCUT2D eigenvalue weighted by molar-refractivity contribution is 5.90. The molecule has 1 amide bonds. The van der Waals surface area contributed by atoms with Gasteiger partial charge in [-0.15, -0.1) is 0 Å². The molecule has 102 valence electrons. The summed E-state index contributed by atoms with van der Waals surface area (Å²) < 4.78 is 0. The number of nitrogens with zero attached hydrogens (tertiary/aromatic N) is 1. The SMILES string of the molecule is CN1CC(Nc2cc(C(=O)O)ccc2N)CCC1=O. The van der Waals surface area contributed by atoms with Gasteiger partial charge in [-0.1, -0.05) is 0 Å². The van der Waals surface area contributed by atoms with Crippen molar-refractivity contribution >= 4 is 23.3 Å². The number of nitrogens with one attached hydrogen (secondary N) is 1. The monoisotopic (exact) mass is 263 g/mol. The fourth-order valence-corrected chi connectivity index (χ4v) is 2.16. The second kappa shape index (κ2) is 5.17. The molecule has 1 aliphatic rings. The second-order valence-electron chi connectivity index (χ2n) is 4.76. The topological polar surface area (TPSA) is 95.7 Å². The molecule has 1 atom stereocenters. The highest BCUT2D eigenvalue weighted by Crippen LogP contribution is 2.23. The Labute approximate surface area is 111 Å². The zero-order chi connectivity index (χ0) is 14.0. The molecule has 6 heteroatoms. The third-order valence-corrected chi connectivity index (χ3v) is 3.29. The first-order chi connectivity index (χ1) is 8.97. The minimum absolute atomic E-state index is 0.0917. The summed E-state index contributed by atoms with van der Waals surface area (Å²) in [4.78, 5) is 24.0. The van der Waals surface area contributed by atoms with Gasteiger partial charge in [0.2, 0.25) is 5.91 Å². The molecule has 6 nitrogen and oxygen atoms in total. The van der Waals surface area contributed by atoms with Crippen LogP contribution in [0, 0.1) is 0 Å². The van der Waals surface area contributed by atoms with Crippen LogP contribution in [0.2, 0.25) is 0 Å². The maximum atomic E-state index is 11.4. The number of carboxylic acid groups (broad SMARTS) is 1. The summed E-state index contributed by atoms with van der Waals surface area (Å²) in [6.45, 7) is 0.593. The third kappa shape index (κ3) is 2.96. The van der Waals surface area contributed by atoms with Crippen LogP contribution in [0.5, 0.6) is 0 Å². The van der Waals surface area contributed by atoms with Crippen LogP contribution < -0.4 is 11.1 Å². The molecule has 4 N–H and O–H groups in total. The lowest BCUT2D eigenvalue weighted by Crippen LogP contribution is -2.43. The Morgan fingerprint density at radius 3 is 2.89 bits per heavy atom. The van der Waals surface area contributed by atoms with E-state index in [-0.39, 0.29) is 17.5 Å². The molecular weight excluding hydrogens is 246 g/mol. The molecule has 0 bridgehead atoms. The van der Waals surface area contributed by atoms with E-state index in [1.54, 1.807) is 18.0 Å². The van der Waals surface area contributed by atoms with E-state index in [9.17, 15) is 9.59 Å². The van der Waals surface area contributed by atoms with Crippen LogP contribution in [0.4, 0.5) is 11.4 Å². The third-order valence-electron chi connectivity index (χ3n) is 3.29. The first-order valence-corrected chi connectivity index (χ1v) is 6.10. The van der Waals surface area contributed by atoms with Crippen LogP contribution in [0.25, 0.3) is 0 Å². The van der Waals surface area contributed by atoms with E-state index >= 15 is 0 Å². The van der Waals surface area contributed by atoms with Gasteiger partial charge in [-0.2, -0.15) is 0 Å². The summed E-state index contributed by atoms with van der Waals surface area (Å²) in [5.41, 5.74) is 7.13. The molecule has 1 heterocycles. The number of carboxylic acids is 1. The number of amides is 1. The predicted octanol–water partition coefficient (Wildman–Crippen LogP) is 1.000. The minimum Gasteiger partial charge on any atom is -0.478 e. The van der Waals surface area contributed by atoms with Gasteiger partial charge in [0.05, 0.1) is 16.9 Å². The van der Waals surface area contributed by atoms with E-state index in [1.807, 2.05) is 0 Å². The average Bonchev–Trinajstić information content (AvgIpc) is 2.36.